The van der Waals surface area contributed by atoms with Gasteiger partial charge in [-0.3, -0.25) is 4.79 Å². The summed E-state index contributed by atoms with van der Waals surface area (Å²) in [6.07, 6.45) is 1.78. The lowest BCUT2D eigenvalue weighted by molar-refractivity contribution is -0.152. The van der Waals surface area contributed by atoms with Crippen molar-refractivity contribution in [1.29, 1.82) is 0 Å². The molecule has 2 rings (SSSR count). The van der Waals surface area contributed by atoms with Gasteiger partial charge in [0.1, 0.15) is 11.8 Å². The van der Waals surface area contributed by atoms with Crippen molar-refractivity contribution in [2.24, 2.45) is 5.92 Å². The molecule has 1 saturated heterocycles. The number of hydrogen-bond donors (Lipinski definition) is 1. The Bertz CT molecular complexity index is 546. The fourth-order valence-corrected chi connectivity index (χ4v) is 3.59. The molecule has 1 aliphatic heterocycles. The van der Waals surface area contributed by atoms with Gasteiger partial charge in [0.05, 0.1) is 7.11 Å². The number of carboxylic acid groups (broad SMARTS) is 1. The molecule has 1 amide bonds. The van der Waals surface area contributed by atoms with Gasteiger partial charge in [0.25, 0.3) is 0 Å². The molecule has 23 heavy (non-hydrogen) atoms. The number of carboxylic acids is 1. The number of benzene rings is 1. The number of piperidine rings is 1. The van der Waals surface area contributed by atoms with Crippen LogP contribution in [0.15, 0.2) is 29.2 Å². The predicted molar refractivity (Wildman–Crippen MR) is 89.9 cm³/mol. The zero-order chi connectivity index (χ0) is 16.8. The summed E-state index contributed by atoms with van der Waals surface area (Å²) in [5.41, 5.74) is 0. The number of methoxy groups -OCH3 is 1. The molecule has 1 aromatic rings. The smallest absolute Gasteiger partial charge is 0.326 e. The number of likely N-dealkylation sites (tertiary alicyclic amines) is 1. The Labute approximate surface area is 141 Å². The van der Waals surface area contributed by atoms with Crippen LogP contribution >= 0.6 is 11.8 Å². The molecule has 0 aromatic heterocycles. The van der Waals surface area contributed by atoms with Crippen LogP contribution < -0.4 is 4.74 Å². The van der Waals surface area contributed by atoms with Gasteiger partial charge >= 0.3 is 5.97 Å². The number of carbonyl (C=O) groups is 2. The van der Waals surface area contributed by atoms with Gasteiger partial charge in [-0.2, -0.15) is 0 Å². The maximum Gasteiger partial charge on any atom is 0.326 e. The highest BCUT2D eigenvalue weighted by Gasteiger charge is 2.34. The van der Waals surface area contributed by atoms with Crippen LogP contribution in [0.3, 0.4) is 0 Å². The van der Waals surface area contributed by atoms with Crippen molar-refractivity contribution in [3.05, 3.63) is 24.3 Å². The van der Waals surface area contributed by atoms with E-state index >= 15 is 0 Å². The predicted octanol–water partition coefficient (Wildman–Crippen LogP) is 2.89. The molecule has 1 aromatic carbocycles. The van der Waals surface area contributed by atoms with Crippen LogP contribution in [0.1, 0.15) is 26.2 Å². The average molecular weight is 337 g/mol. The highest BCUT2D eigenvalue weighted by atomic mass is 32.2. The maximum atomic E-state index is 12.3. The van der Waals surface area contributed by atoms with Crippen LogP contribution in [0.2, 0.25) is 0 Å². The summed E-state index contributed by atoms with van der Waals surface area (Å²) in [6, 6.07) is 7.01. The summed E-state index contributed by atoms with van der Waals surface area (Å²) in [6.45, 7) is 2.58. The number of ether oxygens (including phenoxy) is 1. The normalized spacial score (nSPS) is 21.0. The molecule has 6 heteroatoms. The largest absolute Gasteiger partial charge is 0.497 e. The van der Waals surface area contributed by atoms with Crippen LogP contribution in [0, 0.1) is 5.92 Å². The second-order valence-corrected chi connectivity index (χ2v) is 7.01. The second-order valence-electron chi connectivity index (χ2n) is 5.84. The van der Waals surface area contributed by atoms with Gasteiger partial charge in [0.2, 0.25) is 5.91 Å². The van der Waals surface area contributed by atoms with Gasteiger partial charge in [-0.25, -0.2) is 4.79 Å². The molecule has 0 aliphatic carbocycles. The minimum Gasteiger partial charge on any atom is -0.497 e. The van der Waals surface area contributed by atoms with Gasteiger partial charge < -0.3 is 14.7 Å². The molecule has 126 valence electrons. The summed E-state index contributed by atoms with van der Waals surface area (Å²) in [5, 5.41) is 9.32. The summed E-state index contributed by atoms with van der Waals surface area (Å²) in [7, 11) is 1.62. The number of rotatable bonds is 6. The zero-order valence-electron chi connectivity index (χ0n) is 13.5. The zero-order valence-corrected chi connectivity index (χ0v) is 14.3. The lowest BCUT2D eigenvalue weighted by Crippen LogP contribution is -2.49. The number of amides is 1. The standard InChI is InChI=1S/C17H23NO4S/c1-12-7-9-18(15(11-12)17(20)21)16(19)8-10-23-14-5-3-13(22-2)4-6-14/h3-6,12,15H,7-11H2,1-2H3,(H,20,21). The van der Waals surface area contributed by atoms with Crippen molar-refractivity contribution in [1.82, 2.24) is 4.90 Å². The molecule has 1 N–H and O–H groups in total. The van der Waals surface area contributed by atoms with Crippen molar-refractivity contribution in [3.8, 4) is 5.75 Å². The van der Waals surface area contributed by atoms with Gasteiger partial charge in [0.15, 0.2) is 0 Å². The molecule has 0 spiro atoms. The Morgan fingerprint density at radius 1 is 1.35 bits per heavy atom. The molecule has 0 bridgehead atoms. The molecule has 2 atom stereocenters. The second kappa shape index (κ2) is 8.24. The minimum atomic E-state index is -0.896. The fraction of sp³-hybridized carbons (Fsp3) is 0.529. The van der Waals surface area contributed by atoms with E-state index in [1.165, 1.54) is 4.90 Å². The Balaban J connectivity index is 1.84. The van der Waals surface area contributed by atoms with Crippen LogP contribution in [0.4, 0.5) is 0 Å². The summed E-state index contributed by atoms with van der Waals surface area (Å²) in [5.74, 6) is 0.841. The third-order valence-electron chi connectivity index (χ3n) is 4.11. The van der Waals surface area contributed by atoms with Crippen molar-refractivity contribution >= 4 is 23.6 Å². The third-order valence-corrected chi connectivity index (χ3v) is 5.13. The molecule has 1 fully saturated rings. The number of hydrogen-bond acceptors (Lipinski definition) is 4. The van der Waals surface area contributed by atoms with E-state index in [0.717, 1.165) is 17.1 Å². The van der Waals surface area contributed by atoms with E-state index in [1.807, 2.05) is 31.2 Å². The Morgan fingerprint density at radius 3 is 2.65 bits per heavy atom. The molecular formula is C17H23NO4S. The lowest BCUT2D eigenvalue weighted by Gasteiger charge is -2.36. The highest BCUT2D eigenvalue weighted by molar-refractivity contribution is 7.99. The molecule has 0 saturated carbocycles. The van der Waals surface area contributed by atoms with E-state index < -0.39 is 12.0 Å². The Kier molecular flexibility index (Phi) is 6.33. The van der Waals surface area contributed by atoms with E-state index in [2.05, 4.69) is 0 Å². The number of carbonyl (C=O) groups excluding carboxylic acids is 1. The summed E-state index contributed by atoms with van der Waals surface area (Å²) >= 11 is 1.59. The molecule has 5 nitrogen and oxygen atoms in total. The Hall–Kier alpha value is -1.69. The fourth-order valence-electron chi connectivity index (χ4n) is 2.75. The SMILES string of the molecule is COc1ccc(SCCC(=O)N2CCC(C)CC2C(=O)O)cc1. The first-order valence-electron chi connectivity index (χ1n) is 7.80. The monoisotopic (exact) mass is 337 g/mol. The van der Waals surface area contributed by atoms with Gasteiger partial charge in [0, 0.05) is 23.6 Å². The number of thioether (sulfide) groups is 1. The molecular weight excluding hydrogens is 314 g/mol. The number of nitrogens with zero attached hydrogens (tertiary/aromatic N) is 1. The van der Waals surface area contributed by atoms with Crippen molar-refractivity contribution in [3.63, 3.8) is 0 Å². The average Bonchev–Trinajstić information content (AvgIpc) is 2.55. The van der Waals surface area contributed by atoms with Gasteiger partial charge in [-0.1, -0.05) is 6.92 Å². The van der Waals surface area contributed by atoms with Gasteiger partial charge in [-0.15, -0.1) is 11.8 Å². The molecule has 1 aliphatic rings. The van der Waals surface area contributed by atoms with E-state index in [4.69, 9.17) is 4.74 Å². The quantitative estimate of drug-likeness (QED) is 0.809. The summed E-state index contributed by atoms with van der Waals surface area (Å²) in [4.78, 5) is 26.3. The summed E-state index contributed by atoms with van der Waals surface area (Å²) < 4.78 is 5.11. The Morgan fingerprint density at radius 2 is 2.04 bits per heavy atom. The molecule has 1 heterocycles. The molecule has 2 unspecified atom stereocenters. The third kappa shape index (κ3) is 4.89. The highest BCUT2D eigenvalue weighted by Crippen LogP contribution is 2.25. The van der Waals surface area contributed by atoms with Gasteiger partial charge in [-0.05, 0) is 43.0 Å². The maximum absolute atomic E-state index is 12.3. The van der Waals surface area contributed by atoms with Crippen LogP contribution in [0.5, 0.6) is 5.75 Å². The van der Waals surface area contributed by atoms with E-state index in [-0.39, 0.29) is 5.91 Å². The first kappa shape index (κ1) is 17.7. The molecule has 0 radical (unpaired) electrons. The number of aliphatic carboxylic acids is 1. The minimum absolute atomic E-state index is 0.0645. The van der Waals surface area contributed by atoms with Crippen molar-refractivity contribution < 1.29 is 19.4 Å². The van der Waals surface area contributed by atoms with E-state index in [9.17, 15) is 14.7 Å². The van der Waals surface area contributed by atoms with Crippen LogP contribution in [-0.4, -0.2) is 47.3 Å². The first-order chi connectivity index (χ1) is 11.0. The lowest BCUT2D eigenvalue weighted by atomic mass is 9.92. The van der Waals surface area contributed by atoms with Crippen molar-refractivity contribution in [2.45, 2.75) is 37.1 Å². The van der Waals surface area contributed by atoms with Crippen molar-refractivity contribution in [2.75, 3.05) is 19.4 Å². The topological polar surface area (TPSA) is 66.8 Å². The van der Waals surface area contributed by atoms with E-state index in [0.29, 0.717) is 31.1 Å². The first-order valence-corrected chi connectivity index (χ1v) is 8.79. The van der Waals surface area contributed by atoms with Crippen LogP contribution in [0.25, 0.3) is 0 Å². The van der Waals surface area contributed by atoms with Crippen LogP contribution in [-0.2, 0) is 9.59 Å². The van der Waals surface area contributed by atoms with E-state index in [1.54, 1.807) is 18.9 Å².